The van der Waals surface area contributed by atoms with Crippen LogP contribution in [-0.4, -0.2) is 57.7 Å². The van der Waals surface area contributed by atoms with Crippen molar-refractivity contribution in [1.29, 1.82) is 0 Å². The predicted octanol–water partition coefficient (Wildman–Crippen LogP) is -0.0736. The molecule has 8 heteroatoms. The van der Waals surface area contributed by atoms with Crippen LogP contribution in [-0.2, 0) is 19.9 Å². The van der Waals surface area contributed by atoms with E-state index in [0.717, 1.165) is 38.4 Å². The fourth-order valence-electron chi connectivity index (χ4n) is 3.23. The van der Waals surface area contributed by atoms with Crippen molar-refractivity contribution in [1.82, 2.24) is 9.62 Å². The third-order valence-corrected chi connectivity index (χ3v) is 8.10. The minimum absolute atomic E-state index is 0.373. The molecule has 0 atom stereocenters. The molecule has 0 radical (unpaired) electrons. The van der Waals surface area contributed by atoms with Gasteiger partial charge in [-0.1, -0.05) is 19.3 Å². The molecule has 0 aromatic rings. The number of hydrogen-bond donors (Lipinski definition) is 1. The van der Waals surface area contributed by atoms with Crippen molar-refractivity contribution < 1.29 is 16.8 Å². The highest BCUT2D eigenvalue weighted by Crippen LogP contribution is 2.36. The molecule has 0 unspecified atom stereocenters. The highest BCUT2D eigenvalue weighted by Gasteiger charge is 2.46. The van der Waals surface area contributed by atoms with Crippen LogP contribution in [0.15, 0.2) is 0 Å². The van der Waals surface area contributed by atoms with E-state index in [2.05, 4.69) is 5.32 Å². The number of sulfone groups is 1. The quantitative estimate of drug-likeness (QED) is 0.789. The van der Waals surface area contributed by atoms with Gasteiger partial charge in [-0.2, -0.15) is 4.31 Å². The highest BCUT2D eigenvalue weighted by atomic mass is 32.3. The minimum Gasteiger partial charge on any atom is -0.314 e. The Labute approximate surface area is 115 Å². The predicted molar refractivity (Wildman–Crippen MR) is 74.0 cm³/mol. The second kappa shape index (κ2) is 5.31. The number of hydrogen-bond acceptors (Lipinski definition) is 5. The maximum absolute atomic E-state index is 12.4. The van der Waals surface area contributed by atoms with Gasteiger partial charge in [0, 0.05) is 31.4 Å². The first-order valence-electron chi connectivity index (χ1n) is 6.64. The zero-order valence-electron chi connectivity index (χ0n) is 11.3. The summed E-state index contributed by atoms with van der Waals surface area (Å²) in [6, 6.07) is 0. The van der Waals surface area contributed by atoms with Gasteiger partial charge in [0.2, 0.25) is 10.0 Å². The second-order valence-electron chi connectivity index (χ2n) is 5.69. The summed E-state index contributed by atoms with van der Waals surface area (Å²) in [4.78, 5) is 0. The Kier molecular flexibility index (Phi) is 4.25. The Balaban J connectivity index is 2.29. The number of piperazine rings is 1. The van der Waals surface area contributed by atoms with E-state index < -0.39 is 30.5 Å². The van der Waals surface area contributed by atoms with Crippen LogP contribution < -0.4 is 5.32 Å². The molecule has 112 valence electrons. The zero-order chi connectivity index (χ0) is 14.1. The van der Waals surface area contributed by atoms with Gasteiger partial charge in [-0.05, 0) is 12.8 Å². The largest absolute Gasteiger partial charge is 0.314 e. The molecular weight excluding hydrogens is 288 g/mol. The Morgan fingerprint density at radius 2 is 1.74 bits per heavy atom. The molecule has 0 bridgehead atoms. The molecule has 2 aliphatic rings. The van der Waals surface area contributed by atoms with Crippen LogP contribution in [0.2, 0.25) is 0 Å². The molecular formula is C11H22N2O4S2. The smallest absolute Gasteiger partial charge is 0.229 e. The van der Waals surface area contributed by atoms with Gasteiger partial charge in [-0.3, -0.25) is 0 Å². The maximum atomic E-state index is 12.4. The van der Waals surface area contributed by atoms with Crippen molar-refractivity contribution in [2.45, 2.75) is 37.6 Å². The van der Waals surface area contributed by atoms with E-state index in [9.17, 15) is 16.8 Å². The van der Waals surface area contributed by atoms with Crippen LogP contribution in [0.25, 0.3) is 0 Å². The van der Waals surface area contributed by atoms with Crippen molar-refractivity contribution in [2.24, 2.45) is 0 Å². The van der Waals surface area contributed by atoms with Gasteiger partial charge in [-0.15, -0.1) is 0 Å². The maximum Gasteiger partial charge on any atom is 0.229 e. The molecule has 1 saturated carbocycles. The summed E-state index contributed by atoms with van der Waals surface area (Å²) < 4.78 is 48.9. The molecule has 1 aliphatic carbocycles. The highest BCUT2D eigenvalue weighted by molar-refractivity contribution is 8.06. The molecule has 1 heterocycles. The first-order chi connectivity index (χ1) is 8.75. The average Bonchev–Trinajstić information content (AvgIpc) is 2.27. The molecule has 2 rings (SSSR count). The molecule has 0 aromatic carbocycles. The average molecular weight is 310 g/mol. The molecule has 0 amide bonds. The Morgan fingerprint density at radius 3 is 2.32 bits per heavy atom. The van der Waals surface area contributed by atoms with Gasteiger partial charge in [0.15, 0.2) is 14.9 Å². The van der Waals surface area contributed by atoms with Crippen molar-refractivity contribution >= 4 is 19.9 Å². The van der Waals surface area contributed by atoms with Crippen molar-refractivity contribution in [2.75, 3.05) is 31.0 Å². The number of nitrogens with zero attached hydrogens (tertiary/aromatic N) is 1. The lowest BCUT2D eigenvalue weighted by atomic mass is 9.80. The Morgan fingerprint density at radius 1 is 1.11 bits per heavy atom. The Hall–Kier alpha value is -0.180. The van der Waals surface area contributed by atoms with Gasteiger partial charge < -0.3 is 5.32 Å². The number of rotatable bonds is 3. The lowest BCUT2D eigenvalue weighted by molar-refractivity contribution is 0.102. The van der Waals surface area contributed by atoms with Crippen LogP contribution >= 0.6 is 0 Å². The molecule has 1 aliphatic heterocycles. The first-order valence-corrected chi connectivity index (χ1v) is 10.3. The van der Waals surface area contributed by atoms with Crippen LogP contribution in [0.1, 0.15) is 32.1 Å². The second-order valence-corrected chi connectivity index (χ2v) is 10.1. The van der Waals surface area contributed by atoms with Crippen LogP contribution in [0.4, 0.5) is 0 Å². The van der Waals surface area contributed by atoms with E-state index >= 15 is 0 Å². The van der Waals surface area contributed by atoms with E-state index in [1.165, 1.54) is 4.31 Å². The van der Waals surface area contributed by atoms with Crippen LogP contribution in [0, 0.1) is 0 Å². The lowest BCUT2D eigenvalue weighted by Gasteiger charge is -2.48. The molecule has 1 saturated heterocycles. The summed E-state index contributed by atoms with van der Waals surface area (Å²) >= 11 is 0. The summed E-state index contributed by atoms with van der Waals surface area (Å²) in [6.45, 7) is 1.60. The van der Waals surface area contributed by atoms with Gasteiger partial charge in [0.1, 0.15) is 0 Å². The van der Waals surface area contributed by atoms with Crippen LogP contribution in [0.5, 0.6) is 0 Å². The monoisotopic (exact) mass is 310 g/mol. The van der Waals surface area contributed by atoms with Crippen molar-refractivity contribution in [3.63, 3.8) is 0 Å². The van der Waals surface area contributed by atoms with E-state index in [4.69, 9.17) is 0 Å². The third kappa shape index (κ3) is 3.48. The summed E-state index contributed by atoms with van der Waals surface area (Å²) in [7, 11) is -7.28. The molecule has 1 spiro atoms. The van der Waals surface area contributed by atoms with E-state index in [0.29, 0.717) is 19.6 Å². The van der Waals surface area contributed by atoms with Gasteiger partial charge in [0.05, 0.1) is 0 Å². The minimum atomic E-state index is -3.74. The van der Waals surface area contributed by atoms with Crippen molar-refractivity contribution in [3.05, 3.63) is 0 Å². The summed E-state index contributed by atoms with van der Waals surface area (Å²) in [6.07, 6.45) is 5.76. The van der Waals surface area contributed by atoms with E-state index in [1.54, 1.807) is 0 Å². The normalized spacial score (nSPS) is 25.5. The third-order valence-electron chi connectivity index (χ3n) is 3.96. The topological polar surface area (TPSA) is 83.5 Å². The summed E-state index contributed by atoms with van der Waals surface area (Å²) in [5.74, 6) is 0. The molecule has 0 aromatic heterocycles. The summed E-state index contributed by atoms with van der Waals surface area (Å²) in [5, 5.41) is 2.48. The van der Waals surface area contributed by atoms with E-state index in [1.807, 2.05) is 0 Å². The fraction of sp³-hybridized carbons (Fsp3) is 1.00. The van der Waals surface area contributed by atoms with Gasteiger partial charge in [-0.25, -0.2) is 16.8 Å². The fourth-order valence-corrected chi connectivity index (χ4v) is 7.11. The zero-order valence-corrected chi connectivity index (χ0v) is 12.9. The van der Waals surface area contributed by atoms with Gasteiger partial charge in [0.25, 0.3) is 0 Å². The molecule has 1 N–H and O–H groups in total. The Bertz CT molecular complexity index is 513. The molecule has 6 nitrogen and oxygen atoms in total. The first kappa shape index (κ1) is 15.2. The van der Waals surface area contributed by atoms with Gasteiger partial charge >= 0.3 is 0 Å². The molecule has 19 heavy (non-hydrogen) atoms. The van der Waals surface area contributed by atoms with Crippen LogP contribution in [0.3, 0.4) is 0 Å². The standard InChI is InChI=1S/C11H22N2O4S2/c1-18(14,15)10-19(16,17)13-8-7-12-9-11(13)5-3-2-4-6-11/h12H,2-10H2,1H3. The van der Waals surface area contributed by atoms with Crippen molar-refractivity contribution in [3.8, 4) is 0 Å². The molecule has 2 fully saturated rings. The number of sulfonamides is 1. The lowest BCUT2D eigenvalue weighted by Crippen LogP contribution is -2.64. The number of nitrogens with one attached hydrogen (secondary N) is 1. The van der Waals surface area contributed by atoms with E-state index in [-0.39, 0.29) is 0 Å². The SMILES string of the molecule is CS(=O)(=O)CS(=O)(=O)N1CCNCC12CCCCC2. The summed E-state index contributed by atoms with van der Waals surface area (Å²) in [5.41, 5.74) is -0.403.